The highest BCUT2D eigenvalue weighted by molar-refractivity contribution is 5.86. The molecule has 80 valence electrons. The molecule has 0 spiro atoms. The van der Waals surface area contributed by atoms with E-state index >= 15 is 0 Å². The van der Waals surface area contributed by atoms with E-state index in [4.69, 9.17) is 0 Å². The Hall–Kier alpha value is 2.57. The second kappa shape index (κ2) is 196. The third-order valence-electron chi connectivity index (χ3n) is 0. The van der Waals surface area contributed by atoms with Gasteiger partial charge in [0.05, 0.1) is 0 Å². The van der Waals surface area contributed by atoms with E-state index in [-0.39, 0.29) is 118 Å². The molecular formula is H12Cl9N. The van der Waals surface area contributed by atoms with E-state index in [0.29, 0.717) is 0 Å². The summed E-state index contributed by atoms with van der Waals surface area (Å²) in [6.45, 7) is 0. The summed E-state index contributed by atoms with van der Waals surface area (Å²) in [5, 5.41) is 0. The molecule has 0 aliphatic carbocycles. The van der Waals surface area contributed by atoms with E-state index in [9.17, 15) is 0 Å². The van der Waals surface area contributed by atoms with Crippen molar-refractivity contribution in [1.82, 2.24) is 6.15 Å². The van der Waals surface area contributed by atoms with Gasteiger partial charge in [-0.2, -0.15) is 0 Å². The van der Waals surface area contributed by atoms with Gasteiger partial charge in [0.25, 0.3) is 0 Å². The van der Waals surface area contributed by atoms with Crippen LogP contribution in [0.15, 0.2) is 0 Å². The third-order valence-corrected chi connectivity index (χ3v) is 0. The zero-order valence-corrected chi connectivity index (χ0v) is 11.7. The average molecular weight is 345 g/mol. The van der Waals surface area contributed by atoms with E-state index < -0.39 is 0 Å². The van der Waals surface area contributed by atoms with Gasteiger partial charge in [-0.15, -0.1) is 112 Å². The van der Waals surface area contributed by atoms with Crippen molar-refractivity contribution in [3.63, 3.8) is 0 Å². The van der Waals surface area contributed by atoms with Gasteiger partial charge >= 0.3 is 0 Å². The Balaban J connectivity index is 0. The van der Waals surface area contributed by atoms with Crippen LogP contribution in [0.25, 0.3) is 0 Å². The van der Waals surface area contributed by atoms with Crippen molar-refractivity contribution >= 4 is 112 Å². The minimum atomic E-state index is 0. The van der Waals surface area contributed by atoms with Crippen molar-refractivity contribution < 1.29 is 0 Å². The third kappa shape index (κ3) is 147. The maximum absolute atomic E-state index is 0. The lowest BCUT2D eigenvalue weighted by Gasteiger charge is -0.344. The number of rotatable bonds is 0. The largest absolute Gasteiger partial charge is 0.344 e. The summed E-state index contributed by atoms with van der Waals surface area (Å²) in [5.41, 5.74) is 0. The van der Waals surface area contributed by atoms with Crippen LogP contribution >= 0.6 is 112 Å². The van der Waals surface area contributed by atoms with Gasteiger partial charge in [0.15, 0.2) is 0 Å². The van der Waals surface area contributed by atoms with Crippen LogP contribution in [0.4, 0.5) is 0 Å². The first kappa shape index (κ1) is 255. The molecule has 1 nitrogen and oxygen atoms in total. The number of halogens is 9. The molecule has 0 atom stereocenters. The van der Waals surface area contributed by atoms with Crippen LogP contribution in [0.1, 0.15) is 0 Å². The molecule has 3 N–H and O–H groups in total. The molecule has 10 heavy (non-hydrogen) atoms. The maximum Gasteiger partial charge on any atom is -0.147 e. The lowest BCUT2D eigenvalue weighted by molar-refractivity contribution is 2.13. The molecule has 0 aromatic rings. The van der Waals surface area contributed by atoms with Crippen LogP contribution in [0.5, 0.6) is 0 Å². The first-order valence-corrected chi connectivity index (χ1v) is 0. The average Bonchev–Trinajstić information content (AvgIpc) is 0. The van der Waals surface area contributed by atoms with Crippen molar-refractivity contribution in [3.8, 4) is 0 Å². The summed E-state index contributed by atoms with van der Waals surface area (Å²) in [7, 11) is 0. The van der Waals surface area contributed by atoms with Crippen molar-refractivity contribution in [2.45, 2.75) is 0 Å². The fraction of sp³-hybridized carbons (Fsp3) is 0. The van der Waals surface area contributed by atoms with E-state index in [0.717, 1.165) is 0 Å². The summed E-state index contributed by atoms with van der Waals surface area (Å²) >= 11 is 0. The van der Waals surface area contributed by atoms with Gasteiger partial charge < -0.3 is 6.15 Å². The highest BCUT2D eigenvalue weighted by Crippen LogP contribution is 0.698. The minimum absolute atomic E-state index is 0. The number of hydrogen-bond donors (Lipinski definition) is 1. The Kier molecular flexibility index (Phi) is 4990. The lowest BCUT2D eigenvalue weighted by Crippen LogP contribution is -0.481. The Morgan fingerprint density at radius 1 is 0.200 bits per heavy atom. The van der Waals surface area contributed by atoms with Crippen LogP contribution in [0.3, 0.4) is 0 Å². The van der Waals surface area contributed by atoms with Crippen molar-refractivity contribution in [2.24, 2.45) is 0 Å². The first-order chi connectivity index (χ1) is 0. The predicted molar refractivity (Wildman–Crippen MR) is 70.3 cm³/mol. The summed E-state index contributed by atoms with van der Waals surface area (Å²) < 4.78 is 0. The molecule has 10 heteroatoms. The monoisotopic (exact) mass is 341 g/mol. The summed E-state index contributed by atoms with van der Waals surface area (Å²) in [6.07, 6.45) is 0. The standard InChI is InChI=1S/9ClH.H3N/h9*1H;1H3. The normalized spacial score (nSPS) is 0. The van der Waals surface area contributed by atoms with Gasteiger partial charge in [-0.3, -0.25) is 0 Å². The molecule has 0 amide bonds. The highest BCUT2D eigenvalue weighted by Gasteiger charge is -0.139. The topological polar surface area (TPSA) is 35.0 Å². The SMILES string of the molecule is Cl.Cl.Cl.Cl.Cl.Cl.Cl.Cl.Cl.N. The van der Waals surface area contributed by atoms with Gasteiger partial charge in [-0.1, -0.05) is 0 Å². The van der Waals surface area contributed by atoms with Crippen LogP contribution in [0, 0.1) is 0 Å². The van der Waals surface area contributed by atoms with Crippen molar-refractivity contribution in [1.29, 1.82) is 0 Å². The quantitative estimate of drug-likeness (QED) is 0.709. The Bertz CT molecular complexity index is 4.69. The molecule has 0 rings (SSSR count). The summed E-state index contributed by atoms with van der Waals surface area (Å²) in [6, 6.07) is 0. The summed E-state index contributed by atoms with van der Waals surface area (Å²) in [5.74, 6) is 0. The van der Waals surface area contributed by atoms with Crippen LogP contribution in [-0.2, 0) is 0 Å². The second-order valence-corrected chi connectivity index (χ2v) is 0. The molecular weight excluding hydrogens is 333 g/mol. The van der Waals surface area contributed by atoms with Gasteiger partial charge in [-0.05, 0) is 0 Å². The fourth-order valence-electron chi connectivity index (χ4n) is 0. The Morgan fingerprint density at radius 2 is 0.200 bits per heavy atom. The molecule has 0 aromatic carbocycles. The molecule has 0 aliphatic heterocycles. The van der Waals surface area contributed by atoms with E-state index in [2.05, 4.69) is 0 Å². The van der Waals surface area contributed by atoms with E-state index in [1.54, 1.807) is 0 Å². The second-order valence-electron chi connectivity index (χ2n) is 0. The Labute approximate surface area is 117 Å². The summed E-state index contributed by atoms with van der Waals surface area (Å²) in [4.78, 5) is 0. The Morgan fingerprint density at radius 3 is 0.200 bits per heavy atom. The van der Waals surface area contributed by atoms with Crippen LogP contribution in [-0.4, -0.2) is 0 Å². The molecule has 0 unspecified atom stereocenters. The zero-order chi connectivity index (χ0) is 0. The van der Waals surface area contributed by atoms with Gasteiger partial charge in [-0.25, -0.2) is 0 Å². The molecule has 0 heterocycles. The fourth-order valence-corrected chi connectivity index (χ4v) is 0. The minimum Gasteiger partial charge on any atom is -0.344 e. The van der Waals surface area contributed by atoms with E-state index in [1.165, 1.54) is 0 Å². The number of hydrogen-bond acceptors (Lipinski definition) is 1. The zero-order valence-electron chi connectivity index (χ0n) is 4.38. The van der Waals surface area contributed by atoms with Crippen molar-refractivity contribution in [3.05, 3.63) is 0 Å². The van der Waals surface area contributed by atoms with Crippen LogP contribution < -0.4 is 6.15 Å². The lowest BCUT2D eigenvalue weighted by atomic mass is 14.0. The van der Waals surface area contributed by atoms with Gasteiger partial charge in [0, 0.05) is 0 Å². The van der Waals surface area contributed by atoms with E-state index in [1.807, 2.05) is 0 Å². The molecule has 0 fully saturated rings. The molecule has 0 aliphatic rings. The molecule has 0 saturated carbocycles. The molecule has 0 saturated heterocycles. The first-order valence-electron chi connectivity index (χ1n) is 0. The van der Waals surface area contributed by atoms with Gasteiger partial charge in [0.1, 0.15) is 0 Å². The van der Waals surface area contributed by atoms with Gasteiger partial charge in [0.2, 0.25) is 0 Å². The van der Waals surface area contributed by atoms with Crippen molar-refractivity contribution in [2.75, 3.05) is 0 Å². The molecule has 0 aromatic heterocycles. The molecule has 0 bridgehead atoms. The highest BCUT2D eigenvalue weighted by atomic mass is 35.5. The molecule has 0 radical (unpaired) electrons. The van der Waals surface area contributed by atoms with Crippen LogP contribution in [0.2, 0.25) is 0 Å². The smallest absolute Gasteiger partial charge is 0.147 e. The predicted octanol–water partition coefficient (Wildman–Crippen LogP) is 3.96. The maximum atomic E-state index is 0.